The molecular formula is C7H6CoN2O9. The van der Waals surface area contributed by atoms with Crippen molar-refractivity contribution in [3.8, 4) is 11.5 Å². The quantitative estimate of drug-likeness (QED) is 0.459. The number of aromatic hydroxyl groups is 1. The van der Waals surface area contributed by atoms with E-state index >= 15 is 0 Å². The van der Waals surface area contributed by atoms with Crippen molar-refractivity contribution in [2.75, 3.05) is 0 Å². The summed E-state index contributed by atoms with van der Waals surface area (Å²) in [5, 5.41) is 38.3. The van der Waals surface area contributed by atoms with Gasteiger partial charge in [-0.1, -0.05) is 6.07 Å². The smallest absolute Gasteiger partial charge is 0.508 e. The molecule has 0 saturated heterocycles. The molecule has 0 aliphatic rings. The predicted octanol–water partition coefficient (Wildman–Crippen LogP) is 0.447. The van der Waals surface area contributed by atoms with Crippen LogP contribution in [-0.4, -0.2) is 21.8 Å². The molecule has 0 heterocycles. The molecule has 1 aromatic rings. The van der Waals surface area contributed by atoms with Crippen LogP contribution in [-0.2, 0) is 21.6 Å². The fraction of sp³-hybridized carbons (Fsp3) is 0. The minimum Gasteiger partial charge on any atom is -0.508 e. The molecule has 0 amide bonds. The number of carbonyl (C=O) groups is 1. The first-order chi connectivity index (χ1) is 8.29. The number of ether oxygens (including phenoxy) is 1. The van der Waals surface area contributed by atoms with E-state index < -0.39 is 10.2 Å². The Labute approximate surface area is 115 Å². The summed E-state index contributed by atoms with van der Waals surface area (Å²) in [4.78, 5) is 26.3. The van der Waals surface area contributed by atoms with Crippen molar-refractivity contribution in [3.63, 3.8) is 0 Å². The van der Waals surface area contributed by atoms with Crippen molar-refractivity contribution in [2.24, 2.45) is 0 Å². The zero-order valence-corrected chi connectivity index (χ0v) is 9.87. The van der Waals surface area contributed by atoms with Crippen LogP contribution in [0.3, 0.4) is 0 Å². The second-order valence-corrected chi connectivity index (χ2v) is 2.16. The van der Waals surface area contributed by atoms with E-state index in [2.05, 4.69) is 4.74 Å². The van der Waals surface area contributed by atoms with Gasteiger partial charge in [0.2, 0.25) is 0 Å². The molecule has 0 unspecified atom stereocenters. The minimum atomic E-state index is -1.75. The fourth-order valence-corrected chi connectivity index (χ4v) is 0.612. The van der Waals surface area contributed by atoms with E-state index in [0.717, 1.165) is 0 Å². The van der Waals surface area contributed by atoms with Gasteiger partial charge < -0.3 is 40.5 Å². The maximum atomic E-state index is 9.78. The predicted molar refractivity (Wildman–Crippen MR) is 55.5 cm³/mol. The van der Waals surface area contributed by atoms with Gasteiger partial charge in [0, 0.05) is 6.07 Å². The Morgan fingerprint density at radius 1 is 1.11 bits per heavy atom. The van der Waals surface area contributed by atoms with Gasteiger partial charge in [0.05, 0.1) is 10.2 Å². The number of benzene rings is 1. The SMILES string of the molecule is O=COc1cccc(O)c1.O=[N+]([O-])[O-].O=[N+]([O-])[O-].[Co+2]. The zero-order valence-electron chi connectivity index (χ0n) is 8.83. The normalized spacial score (nSPS) is 7.16. The monoisotopic (exact) mass is 321 g/mol. The molecule has 11 nitrogen and oxygen atoms in total. The summed E-state index contributed by atoms with van der Waals surface area (Å²) in [6, 6.07) is 6.02. The van der Waals surface area contributed by atoms with Gasteiger partial charge in [0.1, 0.15) is 11.5 Å². The first-order valence-corrected chi connectivity index (χ1v) is 3.82. The molecular weight excluding hydrogens is 315 g/mol. The number of phenols is 1. The molecule has 0 fully saturated rings. The van der Waals surface area contributed by atoms with Crippen molar-refractivity contribution < 1.29 is 41.6 Å². The van der Waals surface area contributed by atoms with Crippen LogP contribution in [0.1, 0.15) is 0 Å². The Morgan fingerprint density at radius 2 is 1.53 bits per heavy atom. The summed E-state index contributed by atoms with van der Waals surface area (Å²) in [7, 11) is 0. The largest absolute Gasteiger partial charge is 2.00 e. The summed E-state index contributed by atoms with van der Waals surface area (Å²) < 4.78 is 4.45. The molecule has 1 aromatic carbocycles. The van der Waals surface area contributed by atoms with E-state index in [-0.39, 0.29) is 22.5 Å². The summed E-state index contributed by atoms with van der Waals surface area (Å²) in [6.45, 7) is 0.314. The molecule has 1 rings (SSSR count). The Kier molecular flexibility index (Phi) is 15.3. The van der Waals surface area contributed by atoms with Crippen LogP contribution in [0.5, 0.6) is 11.5 Å². The van der Waals surface area contributed by atoms with Crippen LogP contribution in [0.25, 0.3) is 0 Å². The third-order valence-electron chi connectivity index (χ3n) is 1.00. The molecule has 0 aromatic heterocycles. The van der Waals surface area contributed by atoms with Gasteiger partial charge in [0.25, 0.3) is 6.47 Å². The number of rotatable bonds is 2. The van der Waals surface area contributed by atoms with Gasteiger partial charge >= 0.3 is 16.8 Å². The van der Waals surface area contributed by atoms with Crippen LogP contribution < -0.4 is 4.74 Å². The third kappa shape index (κ3) is 25.6. The summed E-state index contributed by atoms with van der Waals surface area (Å²) >= 11 is 0. The van der Waals surface area contributed by atoms with Gasteiger partial charge in [0.15, 0.2) is 0 Å². The maximum Gasteiger partial charge on any atom is 2.00 e. The standard InChI is InChI=1S/C7H6O3.Co.2NO3/c8-5-10-7-3-1-2-6(9)4-7;;2*2-1(3)4/h1-5,9H;;;/q;+2;2*-1. The van der Waals surface area contributed by atoms with Crippen LogP contribution in [0.2, 0.25) is 0 Å². The molecule has 107 valence electrons. The van der Waals surface area contributed by atoms with Crippen LogP contribution >= 0.6 is 0 Å². The Morgan fingerprint density at radius 3 is 1.84 bits per heavy atom. The number of hydrogen-bond donors (Lipinski definition) is 1. The van der Waals surface area contributed by atoms with Crippen LogP contribution in [0, 0.1) is 30.6 Å². The Bertz CT molecular complexity index is 380. The van der Waals surface area contributed by atoms with Gasteiger partial charge in [-0.3, -0.25) is 4.79 Å². The molecule has 12 heteroatoms. The second kappa shape index (κ2) is 13.5. The molecule has 1 N–H and O–H groups in total. The van der Waals surface area contributed by atoms with Crippen molar-refractivity contribution in [2.45, 2.75) is 0 Å². The molecule has 0 atom stereocenters. The number of phenolic OH excluding ortho intramolecular Hbond substituents is 1. The van der Waals surface area contributed by atoms with E-state index in [1.807, 2.05) is 0 Å². The number of carbonyl (C=O) groups excluding carboxylic acids is 1. The molecule has 0 aliphatic heterocycles. The van der Waals surface area contributed by atoms with Crippen molar-refractivity contribution in [3.05, 3.63) is 54.9 Å². The second-order valence-electron chi connectivity index (χ2n) is 2.16. The maximum absolute atomic E-state index is 9.78. The molecule has 0 bridgehead atoms. The fourth-order valence-electron chi connectivity index (χ4n) is 0.612. The van der Waals surface area contributed by atoms with Gasteiger partial charge in [-0.15, -0.1) is 0 Å². The van der Waals surface area contributed by atoms with E-state index in [1.165, 1.54) is 12.1 Å². The van der Waals surface area contributed by atoms with Crippen molar-refractivity contribution in [1.29, 1.82) is 0 Å². The zero-order chi connectivity index (χ0) is 14.6. The van der Waals surface area contributed by atoms with E-state index in [0.29, 0.717) is 12.2 Å². The van der Waals surface area contributed by atoms with Crippen LogP contribution in [0.4, 0.5) is 0 Å². The average Bonchev–Trinajstić information content (AvgIpc) is 2.16. The minimum absolute atomic E-state index is 0. The Balaban J connectivity index is -0.000000242. The molecule has 0 spiro atoms. The summed E-state index contributed by atoms with van der Waals surface area (Å²) in [5.41, 5.74) is 0. The molecule has 0 saturated carbocycles. The van der Waals surface area contributed by atoms with E-state index in [1.54, 1.807) is 12.1 Å². The number of hydrogen-bond acceptors (Lipinski definition) is 9. The molecule has 19 heavy (non-hydrogen) atoms. The average molecular weight is 321 g/mol. The van der Waals surface area contributed by atoms with Crippen molar-refractivity contribution in [1.82, 2.24) is 0 Å². The summed E-state index contributed by atoms with van der Waals surface area (Å²) in [6.07, 6.45) is 0. The molecule has 1 radical (unpaired) electrons. The van der Waals surface area contributed by atoms with E-state index in [9.17, 15) is 4.79 Å². The molecule has 0 aliphatic carbocycles. The van der Waals surface area contributed by atoms with E-state index in [4.69, 9.17) is 35.7 Å². The topological polar surface area (TPSA) is 179 Å². The Hall–Kier alpha value is -2.60. The van der Waals surface area contributed by atoms with Crippen LogP contribution in [0.15, 0.2) is 24.3 Å². The van der Waals surface area contributed by atoms with Gasteiger partial charge in [-0.25, -0.2) is 0 Å². The number of nitrogens with zero attached hydrogens (tertiary/aromatic N) is 2. The first kappa shape index (κ1) is 21.7. The summed E-state index contributed by atoms with van der Waals surface area (Å²) in [5.74, 6) is 0.425. The van der Waals surface area contributed by atoms with Gasteiger partial charge in [-0.2, -0.15) is 0 Å². The van der Waals surface area contributed by atoms with Crippen molar-refractivity contribution >= 4 is 6.47 Å². The third-order valence-corrected chi connectivity index (χ3v) is 1.00. The van der Waals surface area contributed by atoms with Gasteiger partial charge in [-0.05, 0) is 12.1 Å². The first-order valence-electron chi connectivity index (χ1n) is 3.82.